The van der Waals surface area contributed by atoms with Gasteiger partial charge in [-0.15, -0.1) is 11.3 Å². The summed E-state index contributed by atoms with van der Waals surface area (Å²) in [6.45, 7) is 10.8. The third-order valence-electron chi connectivity index (χ3n) is 3.33. The molecule has 2 N–H and O–H groups in total. The second kappa shape index (κ2) is 8.11. The highest BCUT2D eigenvalue weighted by Crippen LogP contribution is 2.23. The zero-order chi connectivity index (χ0) is 16.7. The van der Waals surface area contributed by atoms with E-state index >= 15 is 0 Å². The smallest absolute Gasteiger partial charge is 0.191 e. The first-order valence-corrected chi connectivity index (χ1v) is 8.88. The van der Waals surface area contributed by atoms with Gasteiger partial charge in [0.15, 0.2) is 5.96 Å². The Balaban J connectivity index is 1.95. The Hall–Kier alpha value is -1.88. The molecular formula is C18H26N4S. The molecule has 23 heavy (non-hydrogen) atoms. The Morgan fingerprint density at radius 2 is 1.91 bits per heavy atom. The summed E-state index contributed by atoms with van der Waals surface area (Å²) in [5.74, 6) is 0.823. The van der Waals surface area contributed by atoms with E-state index in [-0.39, 0.29) is 5.41 Å². The summed E-state index contributed by atoms with van der Waals surface area (Å²) in [5.41, 5.74) is 2.44. The maximum absolute atomic E-state index is 4.71. The first-order valence-electron chi connectivity index (χ1n) is 8.00. The maximum atomic E-state index is 4.71. The molecule has 0 aliphatic carbocycles. The zero-order valence-electron chi connectivity index (χ0n) is 14.4. The first-order chi connectivity index (χ1) is 11.0. The lowest BCUT2D eigenvalue weighted by molar-refractivity contribution is 0.570. The molecular weight excluding hydrogens is 304 g/mol. The summed E-state index contributed by atoms with van der Waals surface area (Å²) < 4.78 is 0. The molecule has 0 fully saturated rings. The molecule has 0 aliphatic heterocycles. The van der Waals surface area contributed by atoms with E-state index in [1.54, 1.807) is 11.3 Å². The maximum Gasteiger partial charge on any atom is 0.191 e. The van der Waals surface area contributed by atoms with Crippen LogP contribution in [-0.2, 0) is 18.5 Å². The van der Waals surface area contributed by atoms with Crippen LogP contribution in [0, 0.1) is 0 Å². The minimum Gasteiger partial charge on any atom is -0.357 e. The highest BCUT2D eigenvalue weighted by molar-refractivity contribution is 7.09. The fourth-order valence-corrected chi connectivity index (χ4v) is 2.95. The van der Waals surface area contributed by atoms with Crippen LogP contribution in [0.5, 0.6) is 0 Å². The van der Waals surface area contributed by atoms with Crippen molar-refractivity contribution in [2.75, 3.05) is 6.54 Å². The predicted octanol–water partition coefficient (Wildman–Crippen LogP) is 3.70. The molecule has 0 spiro atoms. The molecule has 0 unspecified atom stereocenters. The molecule has 124 valence electrons. The van der Waals surface area contributed by atoms with Crippen molar-refractivity contribution in [1.82, 2.24) is 15.6 Å². The highest BCUT2D eigenvalue weighted by atomic mass is 32.1. The van der Waals surface area contributed by atoms with Crippen molar-refractivity contribution in [2.24, 2.45) is 4.99 Å². The van der Waals surface area contributed by atoms with Crippen molar-refractivity contribution in [3.05, 3.63) is 52.0 Å². The Morgan fingerprint density at radius 1 is 1.17 bits per heavy atom. The number of hydrogen-bond acceptors (Lipinski definition) is 3. The lowest BCUT2D eigenvalue weighted by Crippen LogP contribution is -2.36. The van der Waals surface area contributed by atoms with Gasteiger partial charge in [0.2, 0.25) is 0 Å². The largest absolute Gasteiger partial charge is 0.357 e. The monoisotopic (exact) mass is 330 g/mol. The number of rotatable bonds is 5. The molecule has 2 rings (SSSR count). The van der Waals surface area contributed by atoms with Gasteiger partial charge in [-0.25, -0.2) is 9.98 Å². The third kappa shape index (κ3) is 5.67. The summed E-state index contributed by atoms with van der Waals surface area (Å²) in [6.07, 6.45) is 0. The molecule has 1 aromatic heterocycles. The SMILES string of the molecule is CCNC(=NCc1ccccc1)NCc1nc(C(C)(C)C)cs1. The topological polar surface area (TPSA) is 49.3 Å². The Morgan fingerprint density at radius 3 is 2.52 bits per heavy atom. The number of benzene rings is 1. The summed E-state index contributed by atoms with van der Waals surface area (Å²) in [7, 11) is 0. The molecule has 0 aliphatic rings. The van der Waals surface area contributed by atoms with Crippen LogP contribution in [0.15, 0.2) is 40.7 Å². The number of nitrogens with zero attached hydrogens (tertiary/aromatic N) is 2. The van der Waals surface area contributed by atoms with Crippen LogP contribution in [0.25, 0.3) is 0 Å². The van der Waals surface area contributed by atoms with Gasteiger partial charge in [0.05, 0.1) is 18.8 Å². The minimum absolute atomic E-state index is 0.0979. The van der Waals surface area contributed by atoms with Crippen LogP contribution in [0.4, 0.5) is 0 Å². The van der Waals surface area contributed by atoms with Crippen LogP contribution < -0.4 is 10.6 Å². The summed E-state index contributed by atoms with van der Waals surface area (Å²) in [5, 5.41) is 9.86. The number of thiazole rings is 1. The van der Waals surface area contributed by atoms with Crippen LogP contribution in [0.1, 0.15) is 44.0 Å². The normalized spacial score (nSPS) is 12.3. The van der Waals surface area contributed by atoms with Gasteiger partial charge >= 0.3 is 0 Å². The van der Waals surface area contributed by atoms with Crippen molar-refractivity contribution >= 4 is 17.3 Å². The molecule has 0 saturated heterocycles. The van der Waals surface area contributed by atoms with Crippen molar-refractivity contribution in [2.45, 2.75) is 46.2 Å². The molecule has 0 atom stereocenters. The molecule has 4 nitrogen and oxygen atoms in total. The second-order valence-corrected chi connectivity index (χ2v) is 7.35. The Bertz CT molecular complexity index is 626. The van der Waals surface area contributed by atoms with Gasteiger partial charge in [0.1, 0.15) is 5.01 Å². The quantitative estimate of drug-likeness (QED) is 0.649. The van der Waals surface area contributed by atoms with E-state index in [1.807, 2.05) is 18.2 Å². The molecule has 1 heterocycles. The fraction of sp³-hybridized carbons (Fsp3) is 0.444. The van der Waals surface area contributed by atoms with Gasteiger partial charge in [-0.3, -0.25) is 0 Å². The third-order valence-corrected chi connectivity index (χ3v) is 4.18. The number of hydrogen-bond donors (Lipinski definition) is 2. The summed E-state index contributed by atoms with van der Waals surface area (Å²) in [6, 6.07) is 10.3. The average molecular weight is 331 g/mol. The lowest BCUT2D eigenvalue weighted by atomic mass is 9.93. The molecule has 0 radical (unpaired) electrons. The van der Waals surface area contributed by atoms with Crippen molar-refractivity contribution in [3.8, 4) is 0 Å². The van der Waals surface area contributed by atoms with Gasteiger partial charge in [-0.2, -0.15) is 0 Å². The van der Waals surface area contributed by atoms with Crippen LogP contribution >= 0.6 is 11.3 Å². The van der Waals surface area contributed by atoms with E-state index in [0.29, 0.717) is 13.1 Å². The van der Waals surface area contributed by atoms with Gasteiger partial charge in [-0.05, 0) is 12.5 Å². The lowest BCUT2D eigenvalue weighted by Gasteiger charge is -2.14. The second-order valence-electron chi connectivity index (χ2n) is 6.41. The van der Waals surface area contributed by atoms with Crippen LogP contribution in [-0.4, -0.2) is 17.5 Å². The first kappa shape index (κ1) is 17.5. The van der Waals surface area contributed by atoms with Gasteiger partial charge in [0, 0.05) is 17.3 Å². The van der Waals surface area contributed by atoms with E-state index < -0.39 is 0 Å². The molecule has 0 bridgehead atoms. The molecule has 1 aromatic carbocycles. The Kier molecular flexibility index (Phi) is 6.16. The van der Waals surface area contributed by atoms with E-state index in [1.165, 1.54) is 5.56 Å². The zero-order valence-corrected chi connectivity index (χ0v) is 15.2. The highest BCUT2D eigenvalue weighted by Gasteiger charge is 2.17. The number of guanidine groups is 1. The van der Waals surface area contributed by atoms with Crippen molar-refractivity contribution < 1.29 is 0 Å². The van der Waals surface area contributed by atoms with Gasteiger partial charge in [-0.1, -0.05) is 51.1 Å². The standard InChI is InChI=1S/C18H26N4S/c1-5-19-17(20-11-14-9-7-6-8-10-14)21-12-16-22-15(13-23-16)18(2,3)4/h6-10,13H,5,11-12H2,1-4H3,(H2,19,20,21). The van der Waals surface area contributed by atoms with E-state index in [0.717, 1.165) is 23.2 Å². The van der Waals surface area contributed by atoms with Gasteiger partial charge < -0.3 is 10.6 Å². The number of aromatic nitrogens is 1. The van der Waals surface area contributed by atoms with Crippen LogP contribution in [0.2, 0.25) is 0 Å². The average Bonchev–Trinajstić information content (AvgIpc) is 3.00. The fourth-order valence-electron chi connectivity index (χ4n) is 1.99. The minimum atomic E-state index is 0.0979. The number of aliphatic imine (C=N–C) groups is 1. The van der Waals surface area contributed by atoms with Crippen LogP contribution in [0.3, 0.4) is 0 Å². The van der Waals surface area contributed by atoms with Crippen molar-refractivity contribution in [1.29, 1.82) is 0 Å². The summed E-state index contributed by atoms with van der Waals surface area (Å²) >= 11 is 1.69. The summed E-state index contributed by atoms with van der Waals surface area (Å²) in [4.78, 5) is 9.33. The predicted molar refractivity (Wildman–Crippen MR) is 98.9 cm³/mol. The van der Waals surface area contributed by atoms with Gasteiger partial charge in [0.25, 0.3) is 0 Å². The molecule has 5 heteroatoms. The molecule has 0 amide bonds. The molecule has 0 saturated carbocycles. The number of nitrogens with one attached hydrogen (secondary N) is 2. The Labute approximate surface area is 143 Å². The van der Waals surface area contributed by atoms with E-state index in [2.05, 4.69) is 60.8 Å². The van der Waals surface area contributed by atoms with E-state index in [9.17, 15) is 0 Å². The van der Waals surface area contributed by atoms with Crippen molar-refractivity contribution in [3.63, 3.8) is 0 Å². The van der Waals surface area contributed by atoms with E-state index in [4.69, 9.17) is 4.98 Å². The molecule has 2 aromatic rings.